The summed E-state index contributed by atoms with van der Waals surface area (Å²) in [5.74, 6) is -9.11. The number of aliphatic carboxylic acids is 3. The maximum absolute atomic E-state index is 13.4. The number of nitrogens with zero attached hydrogens (tertiary/aromatic N) is 4. The number of benzene rings is 1. The van der Waals surface area contributed by atoms with Crippen LogP contribution in [-0.4, -0.2) is 117 Å². The summed E-state index contributed by atoms with van der Waals surface area (Å²) in [7, 11) is 0. The van der Waals surface area contributed by atoms with Crippen LogP contribution in [0.15, 0.2) is 35.3 Å². The van der Waals surface area contributed by atoms with Gasteiger partial charge in [0.2, 0.25) is 17.8 Å². The number of rotatable bonds is 14. The number of carboxylic acids is 3. The number of ketones is 1. The van der Waals surface area contributed by atoms with Crippen LogP contribution in [0.25, 0.3) is 11.2 Å². The normalized spacial score (nSPS) is 23.7. The zero-order valence-corrected chi connectivity index (χ0v) is 28.2. The van der Waals surface area contributed by atoms with Crippen molar-refractivity contribution < 1.29 is 48.9 Å². The highest BCUT2D eigenvalue weighted by Gasteiger charge is 2.72. The lowest BCUT2D eigenvalue weighted by atomic mass is 9.87. The van der Waals surface area contributed by atoms with Gasteiger partial charge in [-0.1, -0.05) is 0 Å². The number of hydrogen-bond donors (Lipinski definition) is 9. The number of nitrogens with two attached hydrogens (primary N) is 1. The molecule has 4 unspecified atom stereocenters. The lowest BCUT2D eigenvalue weighted by Gasteiger charge is -2.31. The summed E-state index contributed by atoms with van der Waals surface area (Å²) >= 11 is 1.03. The summed E-state index contributed by atoms with van der Waals surface area (Å²) in [6.45, 7) is -0.140. The number of carboxylic acid groups (broad SMARTS) is 3. The summed E-state index contributed by atoms with van der Waals surface area (Å²) in [6.07, 6.45) is 0.0504. The number of carbonyl (C=O) groups is 7. The van der Waals surface area contributed by atoms with Gasteiger partial charge in [-0.2, -0.15) is 4.98 Å². The number of hydrogen-bond acceptors (Lipinski definition) is 15. The molecular formula is C31H32N10O11S. The lowest BCUT2D eigenvalue weighted by Crippen LogP contribution is -2.51. The molecule has 22 heteroatoms. The van der Waals surface area contributed by atoms with E-state index in [1.807, 2.05) is 0 Å². The largest absolute Gasteiger partial charge is 0.481 e. The number of nitrogen functional groups attached to an aromatic ring is 1. The van der Waals surface area contributed by atoms with Crippen LogP contribution in [0, 0.1) is 11.8 Å². The third-order valence-corrected chi connectivity index (χ3v) is 10.6. The Kier molecular flexibility index (Phi) is 9.99. The van der Waals surface area contributed by atoms with Crippen molar-refractivity contribution in [3.63, 3.8) is 0 Å². The first-order chi connectivity index (χ1) is 25.2. The number of aromatic amines is 1. The fourth-order valence-corrected chi connectivity index (χ4v) is 8.44. The Morgan fingerprint density at radius 1 is 1.08 bits per heavy atom. The van der Waals surface area contributed by atoms with E-state index in [-0.39, 0.29) is 54.4 Å². The molecule has 6 rings (SSSR count). The Morgan fingerprint density at radius 3 is 2.49 bits per heavy atom. The summed E-state index contributed by atoms with van der Waals surface area (Å²) in [5.41, 5.74) is 6.21. The molecule has 0 bridgehead atoms. The molecule has 0 saturated carbocycles. The molecule has 1 aromatic carbocycles. The monoisotopic (exact) mass is 752 g/mol. The van der Waals surface area contributed by atoms with Gasteiger partial charge in [-0.3, -0.25) is 43.9 Å². The van der Waals surface area contributed by atoms with E-state index in [4.69, 9.17) is 5.73 Å². The first-order valence-corrected chi connectivity index (χ1v) is 17.1. The third kappa shape index (κ3) is 7.17. The van der Waals surface area contributed by atoms with Gasteiger partial charge in [0.1, 0.15) is 18.1 Å². The van der Waals surface area contributed by atoms with Crippen LogP contribution in [0.4, 0.5) is 11.6 Å². The maximum Gasteiger partial charge on any atom is 0.326 e. The van der Waals surface area contributed by atoms with Crippen molar-refractivity contribution in [1.29, 1.82) is 0 Å². The van der Waals surface area contributed by atoms with Crippen molar-refractivity contribution in [2.75, 3.05) is 23.3 Å². The molecule has 0 aliphatic carbocycles. The van der Waals surface area contributed by atoms with Gasteiger partial charge >= 0.3 is 17.9 Å². The molecule has 3 aliphatic heterocycles. The number of Topliss-reactive ketones (excluding diaryl/α,β-unsaturated/α-hetero) is 1. The number of fused-ring (bicyclic) bond motifs is 1. The first kappa shape index (κ1) is 36.6. The van der Waals surface area contributed by atoms with Gasteiger partial charge in [-0.05, 0) is 30.7 Å². The predicted octanol–water partition coefficient (Wildman–Crippen LogP) is -2.07. The van der Waals surface area contributed by atoms with Crippen molar-refractivity contribution in [3.05, 3.63) is 52.1 Å². The maximum atomic E-state index is 13.4. The standard InChI is InChI=1S/C31H32N10O11S/c32-30-38-24-22(26(47)39-30)36-14(9-35-24)8-33-13-3-1-12(2-4-13)25(46)37-16(29(51)52)5-6-19(42)34-10-17-27(48)41-18(7-20(43)44)23(45)21-15(28(49)50)11-53-31(21,41)40-17/h1-4,9,15-18,21,33,40H,5-8,10-11H2,(H,34,42)(H,37,46)(H,43,44)(H,49,50)(H,51,52)(H3,32,35,38,39,47)/t15?,16?,17?,18?,21-,31+/m0/s1. The number of thioether (sulfide) groups is 1. The van der Waals surface area contributed by atoms with Gasteiger partial charge in [0.25, 0.3) is 11.5 Å². The van der Waals surface area contributed by atoms with Crippen LogP contribution in [0.5, 0.6) is 0 Å². The summed E-state index contributed by atoms with van der Waals surface area (Å²) in [5, 5.41) is 39.7. The Balaban J connectivity index is 1.00. The third-order valence-electron chi connectivity index (χ3n) is 9.09. The smallest absolute Gasteiger partial charge is 0.326 e. The minimum Gasteiger partial charge on any atom is -0.481 e. The van der Waals surface area contributed by atoms with E-state index in [1.54, 1.807) is 12.1 Å². The molecule has 21 nitrogen and oxygen atoms in total. The lowest BCUT2D eigenvalue weighted by molar-refractivity contribution is -0.145. The minimum absolute atomic E-state index is 0.00558. The average molecular weight is 753 g/mol. The fourth-order valence-electron chi connectivity index (χ4n) is 6.63. The molecular weight excluding hydrogens is 720 g/mol. The van der Waals surface area contributed by atoms with Gasteiger partial charge in [0.15, 0.2) is 21.9 Å². The van der Waals surface area contributed by atoms with Crippen LogP contribution in [0.2, 0.25) is 0 Å². The topological polar surface area (TPSA) is 329 Å². The van der Waals surface area contributed by atoms with E-state index in [9.17, 15) is 53.7 Å². The highest BCUT2D eigenvalue weighted by Crippen LogP contribution is 2.56. The second kappa shape index (κ2) is 14.5. The summed E-state index contributed by atoms with van der Waals surface area (Å²) in [6, 6.07) is 2.09. The summed E-state index contributed by atoms with van der Waals surface area (Å²) in [4.78, 5) is 114. The number of aromatic nitrogens is 4. The van der Waals surface area contributed by atoms with E-state index in [2.05, 4.69) is 41.2 Å². The van der Waals surface area contributed by atoms with Crippen molar-refractivity contribution in [2.24, 2.45) is 11.8 Å². The van der Waals surface area contributed by atoms with E-state index >= 15 is 0 Å². The van der Waals surface area contributed by atoms with Crippen LogP contribution in [0.1, 0.15) is 35.3 Å². The highest BCUT2D eigenvalue weighted by atomic mass is 32.2. The molecule has 3 amide bonds. The number of amides is 3. The average Bonchev–Trinajstić information content (AvgIpc) is 3.69. The molecule has 53 heavy (non-hydrogen) atoms. The number of nitrogens with one attached hydrogen (secondary N) is 5. The molecule has 0 radical (unpaired) electrons. The van der Waals surface area contributed by atoms with Gasteiger partial charge < -0.3 is 41.9 Å². The predicted molar refractivity (Wildman–Crippen MR) is 182 cm³/mol. The Labute approximate surface area is 301 Å². The summed E-state index contributed by atoms with van der Waals surface area (Å²) < 4.78 is 0. The SMILES string of the molecule is Nc1nc2ncc(CNc3ccc(C(=O)NC(CCC(=O)NCC4N[C@]56SCC(C(=O)O)[C@H]5C(=O)C(CC(=O)O)N6C4=O)C(=O)O)cc3)nc2c(=O)[nH]1. The van der Waals surface area contributed by atoms with E-state index in [0.29, 0.717) is 11.4 Å². The van der Waals surface area contributed by atoms with Crippen LogP contribution < -0.4 is 32.6 Å². The quantitative estimate of drug-likeness (QED) is 0.0854. The fraction of sp³-hybridized carbons (Fsp3) is 0.387. The van der Waals surface area contributed by atoms with Crippen molar-refractivity contribution in [1.82, 2.24) is 40.8 Å². The van der Waals surface area contributed by atoms with Crippen molar-refractivity contribution in [2.45, 2.75) is 48.9 Å². The van der Waals surface area contributed by atoms with E-state index < -0.39 is 88.3 Å². The molecule has 5 heterocycles. The van der Waals surface area contributed by atoms with Crippen LogP contribution in [-0.2, 0) is 35.3 Å². The molecule has 278 valence electrons. The molecule has 1 spiro atoms. The molecule has 6 atom stereocenters. The van der Waals surface area contributed by atoms with Crippen molar-refractivity contribution in [3.8, 4) is 0 Å². The van der Waals surface area contributed by atoms with Gasteiger partial charge in [-0.15, -0.1) is 11.8 Å². The molecule has 3 aliphatic rings. The van der Waals surface area contributed by atoms with Gasteiger partial charge in [0.05, 0.1) is 36.7 Å². The Hall–Kier alpha value is -6.16. The van der Waals surface area contributed by atoms with Crippen LogP contribution >= 0.6 is 11.8 Å². The second-order valence-corrected chi connectivity index (χ2v) is 13.7. The zero-order valence-electron chi connectivity index (χ0n) is 27.4. The molecule has 2 aromatic heterocycles. The second-order valence-electron chi connectivity index (χ2n) is 12.5. The zero-order chi connectivity index (χ0) is 38.2. The first-order valence-electron chi connectivity index (χ1n) is 16.1. The molecule has 3 aromatic rings. The number of anilines is 2. The highest BCUT2D eigenvalue weighted by molar-refractivity contribution is 8.01. The van der Waals surface area contributed by atoms with Crippen molar-refractivity contribution >= 4 is 76.0 Å². The minimum atomic E-state index is -1.47. The Morgan fingerprint density at radius 2 is 1.81 bits per heavy atom. The molecule has 3 saturated heterocycles. The number of carbonyl (C=O) groups excluding carboxylic acids is 4. The van der Waals surface area contributed by atoms with Gasteiger partial charge in [0, 0.05) is 30.0 Å². The Bertz CT molecular complexity index is 2100. The van der Waals surface area contributed by atoms with E-state index in [1.165, 1.54) is 18.3 Å². The van der Waals surface area contributed by atoms with Gasteiger partial charge in [-0.25, -0.2) is 14.8 Å². The van der Waals surface area contributed by atoms with Crippen LogP contribution in [0.3, 0.4) is 0 Å². The van der Waals surface area contributed by atoms with E-state index in [0.717, 1.165) is 16.7 Å². The molecule has 10 N–H and O–H groups in total. The number of H-pyrrole nitrogens is 1. The molecule has 3 fully saturated rings.